The number of fused-ring (bicyclic) bond motifs is 3. The van der Waals surface area contributed by atoms with Crippen molar-refractivity contribution in [2.75, 3.05) is 12.3 Å². The summed E-state index contributed by atoms with van der Waals surface area (Å²) in [7, 11) is 0. The maximum Gasteiger partial charge on any atom is 0.360 e. The molecule has 4 aromatic rings. The normalized spacial score (nSPS) is 10.9. The lowest BCUT2D eigenvalue weighted by Gasteiger charge is -2.08. The van der Waals surface area contributed by atoms with Crippen LogP contribution in [0.4, 0.5) is 5.82 Å². The van der Waals surface area contributed by atoms with Crippen LogP contribution < -0.4 is 5.73 Å². The van der Waals surface area contributed by atoms with E-state index in [4.69, 9.17) is 10.5 Å². The number of hydrogen-bond donors (Lipinski definition) is 1. The second kappa shape index (κ2) is 6.55. The van der Waals surface area contributed by atoms with Gasteiger partial charge in [-0.05, 0) is 19.9 Å². The summed E-state index contributed by atoms with van der Waals surface area (Å²) in [6.07, 6.45) is 3.24. The molecule has 138 valence electrons. The summed E-state index contributed by atoms with van der Waals surface area (Å²) in [6.45, 7) is 3.60. The number of nitrogens with two attached hydrogens (primary N) is 1. The molecule has 0 saturated heterocycles. The van der Waals surface area contributed by atoms with Gasteiger partial charge >= 0.3 is 5.97 Å². The van der Waals surface area contributed by atoms with E-state index in [0.29, 0.717) is 27.9 Å². The van der Waals surface area contributed by atoms with Crippen LogP contribution in [0.15, 0.2) is 24.5 Å². The fourth-order valence-electron chi connectivity index (χ4n) is 3.02. The van der Waals surface area contributed by atoms with E-state index in [1.807, 2.05) is 0 Å². The lowest BCUT2D eigenvalue weighted by atomic mass is 9.99. The smallest absolute Gasteiger partial charge is 0.360 e. The molecule has 0 aliphatic rings. The number of nitrogens with zero attached hydrogens (tertiary/aromatic N) is 7. The van der Waals surface area contributed by atoms with Gasteiger partial charge in [-0.3, -0.25) is 4.98 Å². The molecule has 0 fully saturated rings. The minimum absolute atomic E-state index is 0.0495. The summed E-state index contributed by atoms with van der Waals surface area (Å²) in [4.78, 5) is 20.5. The van der Waals surface area contributed by atoms with Gasteiger partial charge in [0, 0.05) is 23.5 Å². The van der Waals surface area contributed by atoms with Gasteiger partial charge in [0.1, 0.15) is 17.5 Å². The van der Waals surface area contributed by atoms with Crippen LogP contribution in [0.1, 0.15) is 28.7 Å². The van der Waals surface area contributed by atoms with Crippen LogP contribution in [0, 0.1) is 18.3 Å². The average Bonchev–Trinajstić information content (AvgIpc) is 3.06. The summed E-state index contributed by atoms with van der Waals surface area (Å²) in [5, 5.41) is 22.8. The summed E-state index contributed by atoms with van der Waals surface area (Å²) >= 11 is 0. The van der Waals surface area contributed by atoms with Crippen molar-refractivity contribution in [3.8, 4) is 17.2 Å². The lowest BCUT2D eigenvalue weighted by Crippen LogP contribution is -2.14. The molecule has 0 saturated carbocycles. The van der Waals surface area contributed by atoms with Crippen molar-refractivity contribution < 1.29 is 9.53 Å². The molecule has 10 nitrogen and oxygen atoms in total. The largest absolute Gasteiger partial charge is 0.461 e. The number of hydrogen-bond acceptors (Lipinski definition) is 9. The van der Waals surface area contributed by atoms with Gasteiger partial charge in [-0.25, -0.2) is 14.3 Å². The summed E-state index contributed by atoms with van der Waals surface area (Å²) in [5.41, 5.74) is 8.52. The zero-order valence-electron chi connectivity index (χ0n) is 15.0. The Morgan fingerprint density at radius 1 is 1.39 bits per heavy atom. The standard InChI is InChI=1S/C18H14N8O2/c1-3-28-18(27)14-9(2)26-17(24-23-14)13-12(10-5-4-6-21-8-10)11(7-19)15(20)22-16(13)25-26/h4-6,8H,3H2,1-2H3,(H2,20,22,25). The first kappa shape index (κ1) is 17.3. The van der Waals surface area contributed by atoms with Crippen molar-refractivity contribution in [1.82, 2.24) is 29.8 Å². The molecule has 0 aliphatic carbocycles. The number of esters is 1. The van der Waals surface area contributed by atoms with Gasteiger partial charge in [0.2, 0.25) is 0 Å². The molecule has 2 N–H and O–H groups in total. The number of nitriles is 1. The molecule has 0 aliphatic heterocycles. The highest BCUT2D eigenvalue weighted by Gasteiger charge is 2.24. The molecule has 4 rings (SSSR count). The highest BCUT2D eigenvalue weighted by molar-refractivity contribution is 6.06. The minimum Gasteiger partial charge on any atom is -0.461 e. The topological polar surface area (TPSA) is 145 Å². The van der Waals surface area contributed by atoms with Gasteiger partial charge in [-0.1, -0.05) is 6.07 Å². The fraction of sp³-hybridized carbons (Fsp3) is 0.167. The molecule has 0 bridgehead atoms. The Morgan fingerprint density at radius 2 is 2.21 bits per heavy atom. The maximum absolute atomic E-state index is 12.1. The van der Waals surface area contributed by atoms with Crippen LogP contribution in [0.5, 0.6) is 0 Å². The summed E-state index contributed by atoms with van der Waals surface area (Å²) < 4.78 is 6.47. The van der Waals surface area contributed by atoms with Gasteiger partial charge in [-0.15, -0.1) is 15.3 Å². The monoisotopic (exact) mass is 374 g/mol. The zero-order chi connectivity index (χ0) is 19.8. The quantitative estimate of drug-likeness (QED) is 0.529. The Bertz CT molecular complexity index is 1270. The number of aromatic nitrogens is 6. The van der Waals surface area contributed by atoms with E-state index in [9.17, 15) is 10.1 Å². The van der Waals surface area contributed by atoms with E-state index in [1.54, 1.807) is 38.4 Å². The Balaban J connectivity index is 2.12. The van der Waals surface area contributed by atoms with Crippen molar-refractivity contribution in [1.29, 1.82) is 5.26 Å². The lowest BCUT2D eigenvalue weighted by molar-refractivity contribution is 0.0516. The van der Waals surface area contributed by atoms with E-state index in [1.165, 1.54) is 4.52 Å². The SMILES string of the molecule is CCOC(=O)c1nnc2c3c(-c4cccnc4)c(C#N)c(N)nc3nn2c1C. The zero-order valence-corrected chi connectivity index (χ0v) is 15.0. The minimum atomic E-state index is -0.591. The number of carbonyl (C=O) groups excluding carboxylic acids is 1. The highest BCUT2D eigenvalue weighted by Crippen LogP contribution is 2.35. The van der Waals surface area contributed by atoms with Crippen molar-refractivity contribution in [3.05, 3.63) is 41.5 Å². The average molecular weight is 374 g/mol. The van der Waals surface area contributed by atoms with E-state index in [-0.39, 0.29) is 29.3 Å². The van der Waals surface area contributed by atoms with Gasteiger partial charge in [0.15, 0.2) is 17.0 Å². The molecule has 28 heavy (non-hydrogen) atoms. The van der Waals surface area contributed by atoms with Crippen LogP contribution in [-0.2, 0) is 4.74 Å². The molecule has 0 radical (unpaired) electrons. The number of anilines is 1. The predicted molar refractivity (Wildman–Crippen MR) is 99.1 cm³/mol. The first-order valence-electron chi connectivity index (χ1n) is 8.39. The van der Waals surface area contributed by atoms with Gasteiger partial charge in [0.05, 0.1) is 17.7 Å². The molecule has 0 atom stereocenters. The molecule has 0 amide bonds. The molecule has 4 aromatic heterocycles. The molecule has 10 heteroatoms. The molecule has 0 unspecified atom stereocenters. The molecule has 0 aromatic carbocycles. The third-order valence-corrected chi connectivity index (χ3v) is 4.26. The third-order valence-electron chi connectivity index (χ3n) is 4.26. The molecular weight excluding hydrogens is 360 g/mol. The summed E-state index contributed by atoms with van der Waals surface area (Å²) in [5.74, 6) is -0.542. The Kier molecular flexibility index (Phi) is 4.04. The van der Waals surface area contributed by atoms with Gasteiger partial charge in [-0.2, -0.15) is 5.26 Å². The number of aryl methyl sites for hydroxylation is 1. The van der Waals surface area contributed by atoms with Crippen molar-refractivity contribution in [2.45, 2.75) is 13.8 Å². The molecule has 0 spiro atoms. The third kappa shape index (κ3) is 2.49. The maximum atomic E-state index is 12.1. The Morgan fingerprint density at radius 3 is 2.89 bits per heavy atom. The van der Waals surface area contributed by atoms with E-state index in [0.717, 1.165) is 0 Å². The first-order chi connectivity index (χ1) is 13.6. The van der Waals surface area contributed by atoms with E-state index in [2.05, 4.69) is 31.3 Å². The van der Waals surface area contributed by atoms with Gasteiger partial charge < -0.3 is 10.5 Å². The summed E-state index contributed by atoms with van der Waals surface area (Å²) in [6, 6.07) is 5.65. The van der Waals surface area contributed by atoms with Crippen molar-refractivity contribution in [2.24, 2.45) is 0 Å². The van der Waals surface area contributed by atoms with Gasteiger partial charge in [0.25, 0.3) is 0 Å². The number of ether oxygens (including phenoxy) is 1. The molecular formula is C18H14N8O2. The van der Waals surface area contributed by atoms with Crippen LogP contribution in [0.25, 0.3) is 27.8 Å². The first-order valence-corrected chi connectivity index (χ1v) is 8.39. The van der Waals surface area contributed by atoms with Crippen LogP contribution in [0.3, 0.4) is 0 Å². The number of rotatable bonds is 3. The van der Waals surface area contributed by atoms with Crippen LogP contribution >= 0.6 is 0 Å². The highest BCUT2D eigenvalue weighted by atomic mass is 16.5. The Labute approximate surface area is 158 Å². The van der Waals surface area contributed by atoms with E-state index < -0.39 is 5.97 Å². The number of pyridine rings is 2. The number of nitrogen functional groups attached to an aromatic ring is 1. The fourth-order valence-corrected chi connectivity index (χ4v) is 3.02. The predicted octanol–water partition coefficient (Wildman–Crippen LogP) is 1.67. The van der Waals surface area contributed by atoms with Crippen molar-refractivity contribution in [3.63, 3.8) is 0 Å². The second-order valence-corrected chi connectivity index (χ2v) is 5.89. The molecule has 4 heterocycles. The second-order valence-electron chi connectivity index (χ2n) is 5.89. The van der Waals surface area contributed by atoms with Crippen LogP contribution in [-0.4, -0.2) is 42.4 Å². The van der Waals surface area contributed by atoms with Crippen LogP contribution in [0.2, 0.25) is 0 Å². The van der Waals surface area contributed by atoms with Crippen molar-refractivity contribution >= 4 is 28.5 Å². The Hall–Kier alpha value is -4.13. The number of carbonyl (C=O) groups is 1. The van der Waals surface area contributed by atoms with E-state index >= 15 is 0 Å².